The summed E-state index contributed by atoms with van der Waals surface area (Å²) in [7, 11) is 0. The second-order valence-corrected chi connectivity index (χ2v) is 6.56. The minimum atomic E-state index is -0.200. The molecular weight excluding hydrogens is 272 g/mol. The zero-order valence-electron chi connectivity index (χ0n) is 13.8. The zero-order chi connectivity index (χ0) is 16.2. The van der Waals surface area contributed by atoms with Crippen LogP contribution in [-0.4, -0.2) is 17.4 Å². The average molecular weight is 296 g/mol. The van der Waals surface area contributed by atoms with Gasteiger partial charge in [-0.3, -0.25) is 9.78 Å². The fraction of sp³-hybridized carbons (Fsp3) is 0.368. The highest BCUT2D eigenvalue weighted by Crippen LogP contribution is 2.20. The van der Waals surface area contributed by atoms with E-state index in [4.69, 9.17) is 0 Å². The molecule has 0 saturated heterocycles. The van der Waals surface area contributed by atoms with E-state index in [0.29, 0.717) is 18.0 Å². The maximum atomic E-state index is 12.3. The van der Waals surface area contributed by atoms with Gasteiger partial charge in [-0.05, 0) is 35.7 Å². The van der Waals surface area contributed by atoms with Gasteiger partial charge in [0, 0.05) is 29.4 Å². The molecule has 0 bridgehead atoms. The lowest BCUT2D eigenvalue weighted by atomic mass is 9.88. The molecule has 0 aliphatic rings. The second-order valence-electron chi connectivity index (χ2n) is 6.56. The number of rotatable bonds is 5. The molecule has 1 N–H and O–H groups in total. The summed E-state index contributed by atoms with van der Waals surface area (Å²) in [5.74, 6) is 0.430. The molecule has 1 amide bonds. The summed E-state index contributed by atoms with van der Waals surface area (Å²) < 4.78 is 0. The lowest BCUT2D eigenvalue weighted by Gasteiger charge is -2.24. The van der Waals surface area contributed by atoms with Gasteiger partial charge in [0.15, 0.2) is 0 Å². The first-order valence-corrected chi connectivity index (χ1v) is 7.70. The maximum absolute atomic E-state index is 12.3. The van der Waals surface area contributed by atoms with Crippen LogP contribution in [-0.2, 0) is 5.41 Å². The molecule has 0 saturated carbocycles. The molecule has 0 spiro atoms. The molecule has 0 radical (unpaired) electrons. The van der Waals surface area contributed by atoms with Gasteiger partial charge < -0.3 is 5.32 Å². The van der Waals surface area contributed by atoms with Crippen LogP contribution < -0.4 is 5.32 Å². The molecular formula is C19H24N2O. The first kappa shape index (κ1) is 16.2. The molecule has 0 unspecified atom stereocenters. The normalized spacial score (nSPS) is 11.5. The zero-order valence-corrected chi connectivity index (χ0v) is 13.8. The minimum Gasteiger partial charge on any atom is -0.351 e. The number of nitrogens with one attached hydrogen (secondary N) is 1. The Kier molecular flexibility index (Phi) is 4.96. The predicted octanol–water partition coefficient (Wildman–Crippen LogP) is 3.91. The fourth-order valence-electron chi connectivity index (χ4n) is 2.28. The van der Waals surface area contributed by atoms with Crippen LogP contribution >= 0.6 is 0 Å². The topological polar surface area (TPSA) is 42.0 Å². The van der Waals surface area contributed by atoms with E-state index in [1.807, 2.05) is 42.5 Å². The van der Waals surface area contributed by atoms with E-state index in [1.165, 1.54) is 5.56 Å². The minimum absolute atomic E-state index is 0.0423. The van der Waals surface area contributed by atoms with Crippen LogP contribution in [0.5, 0.6) is 0 Å². The summed E-state index contributed by atoms with van der Waals surface area (Å²) in [5.41, 5.74) is 2.71. The Morgan fingerprint density at radius 2 is 1.82 bits per heavy atom. The van der Waals surface area contributed by atoms with E-state index in [2.05, 4.69) is 38.0 Å². The van der Waals surface area contributed by atoms with Gasteiger partial charge in [0.05, 0.1) is 0 Å². The number of pyridine rings is 1. The van der Waals surface area contributed by atoms with Crippen LogP contribution in [0.4, 0.5) is 0 Å². The number of carbonyl (C=O) groups excluding carboxylic acids is 1. The summed E-state index contributed by atoms with van der Waals surface area (Å²) in [6.45, 7) is 9.00. The highest BCUT2D eigenvalue weighted by atomic mass is 16.1. The second kappa shape index (κ2) is 6.73. The van der Waals surface area contributed by atoms with Gasteiger partial charge in [-0.15, -0.1) is 0 Å². The van der Waals surface area contributed by atoms with Gasteiger partial charge in [-0.2, -0.15) is 0 Å². The number of hydrogen-bond acceptors (Lipinski definition) is 2. The van der Waals surface area contributed by atoms with Gasteiger partial charge in [-0.25, -0.2) is 0 Å². The van der Waals surface area contributed by atoms with Crippen molar-refractivity contribution in [3.8, 4) is 0 Å². The van der Waals surface area contributed by atoms with Gasteiger partial charge in [-0.1, -0.05) is 45.9 Å². The van der Waals surface area contributed by atoms with Crippen molar-refractivity contribution in [3.05, 3.63) is 65.5 Å². The molecule has 0 fully saturated rings. The first-order chi connectivity index (χ1) is 10.4. The van der Waals surface area contributed by atoms with E-state index >= 15 is 0 Å². The Morgan fingerprint density at radius 3 is 2.36 bits per heavy atom. The number of carbonyl (C=O) groups is 1. The number of hydrogen-bond donors (Lipinski definition) is 1. The molecule has 2 aromatic rings. The standard InChI is InChI=1S/C19H24N2O/c1-14(2)15-8-10-16(11-9-15)18(22)21-13-19(3,4)17-7-5-6-12-20-17/h5-12,14H,13H2,1-4H3,(H,21,22). The van der Waals surface area contributed by atoms with E-state index in [-0.39, 0.29) is 11.3 Å². The lowest BCUT2D eigenvalue weighted by molar-refractivity contribution is 0.0945. The van der Waals surface area contributed by atoms with Crippen LogP contribution in [0.15, 0.2) is 48.7 Å². The van der Waals surface area contributed by atoms with Gasteiger partial charge in [0.1, 0.15) is 0 Å². The number of amides is 1. The molecule has 0 aliphatic carbocycles. The molecule has 3 heteroatoms. The Hall–Kier alpha value is -2.16. The molecule has 1 aromatic carbocycles. The van der Waals surface area contributed by atoms with Crippen molar-refractivity contribution < 1.29 is 4.79 Å². The summed E-state index contributed by atoms with van der Waals surface area (Å²) in [6.07, 6.45) is 1.78. The van der Waals surface area contributed by atoms with E-state index < -0.39 is 0 Å². The summed E-state index contributed by atoms with van der Waals surface area (Å²) in [4.78, 5) is 16.7. The maximum Gasteiger partial charge on any atom is 0.251 e. The van der Waals surface area contributed by atoms with Crippen molar-refractivity contribution in [2.75, 3.05) is 6.54 Å². The highest BCUT2D eigenvalue weighted by molar-refractivity contribution is 5.94. The van der Waals surface area contributed by atoms with Crippen molar-refractivity contribution in [2.45, 2.75) is 39.0 Å². The Bertz CT molecular complexity index is 616. The van der Waals surface area contributed by atoms with Crippen LogP contribution in [0.2, 0.25) is 0 Å². The van der Waals surface area contributed by atoms with Gasteiger partial charge in [0.2, 0.25) is 0 Å². The Labute approximate surface area is 132 Å². The molecule has 2 rings (SSSR count). The third-order valence-electron chi connectivity index (χ3n) is 3.89. The third kappa shape index (κ3) is 3.94. The quantitative estimate of drug-likeness (QED) is 0.909. The van der Waals surface area contributed by atoms with Crippen molar-refractivity contribution in [1.29, 1.82) is 0 Å². The van der Waals surface area contributed by atoms with Gasteiger partial charge in [0.25, 0.3) is 5.91 Å². The van der Waals surface area contributed by atoms with Crippen molar-refractivity contribution in [2.24, 2.45) is 0 Å². The van der Waals surface area contributed by atoms with Gasteiger partial charge >= 0.3 is 0 Å². The number of nitrogens with zero attached hydrogens (tertiary/aromatic N) is 1. The SMILES string of the molecule is CC(C)c1ccc(C(=O)NCC(C)(C)c2ccccn2)cc1. The Morgan fingerprint density at radius 1 is 1.14 bits per heavy atom. The number of aromatic nitrogens is 1. The predicted molar refractivity (Wildman–Crippen MR) is 90.1 cm³/mol. The molecule has 0 atom stereocenters. The monoisotopic (exact) mass is 296 g/mol. The summed E-state index contributed by atoms with van der Waals surface area (Å²) in [5, 5.41) is 3.01. The van der Waals surface area contributed by atoms with Crippen LogP contribution in [0, 0.1) is 0 Å². The van der Waals surface area contributed by atoms with Crippen molar-refractivity contribution >= 4 is 5.91 Å². The summed E-state index contributed by atoms with van der Waals surface area (Å²) >= 11 is 0. The largest absolute Gasteiger partial charge is 0.351 e. The fourth-order valence-corrected chi connectivity index (χ4v) is 2.28. The van der Waals surface area contributed by atoms with E-state index in [1.54, 1.807) is 6.20 Å². The third-order valence-corrected chi connectivity index (χ3v) is 3.89. The van der Waals surface area contributed by atoms with Crippen LogP contribution in [0.1, 0.15) is 55.2 Å². The summed E-state index contributed by atoms with van der Waals surface area (Å²) in [6, 6.07) is 13.7. The first-order valence-electron chi connectivity index (χ1n) is 7.70. The van der Waals surface area contributed by atoms with Crippen molar-refractivity contribution in [3.63, 3.8) is 0 Å². The van der Waals surface area contributed by atoms with E-state index in [0.717, 1.165) is 5.69 Å². The molecule has 0 aliphatic heterocycles. The molecule has 3 nitrogen and oxygen atoms in total. The highest BCUT2D eigenvalue weighted by Gasteiger charge is 2.22. The van der Waals surface area contributed by atoms with Crippen LogP contribution in [0.25, 0.3) is 0 Å². The van der Waals surface area contributed by atoms with Crippen molar-refractivity contribution in [1.82, 2.24) is 10.3 Å². The molecule has 1 heterocycles. The van der Waals surface area contributed by atoms with E-state index in [9.17, 15) is 4.79 Å². The Balaban J connectivity index is 2.00. The van der Waals surface area contributed by atoms with Crippen LogP contribution in [0.3, 0.4) is 0 Å². The smallest absolute Gasteiger partial charge is 0.251 e. The number of benzene rings is 1. The average Bonchev–Trinajstić information content (AvgIpc) is 2.53. The lowest BCUT2D eigenvalue weighted by Crippen LogP contribution is -2.37. The molecule has 116 valence electrons. The molecule has 22 heavy (non-hydrogen) atoms. The molecule has 1 aromatic heterocycles.